The van der Waals surface area contributed by atoms with Crippen molar-refractivity contribution in [2.45, 2.75) is 17.7 Å². The Balaban J connectivity index is 2.14. The molecule has 0 spiro atoms. The molecule has 0 unspecified atom stereocenters. The third kappa shape index (κ3) is 3.42. The number of nitrogens with one attached hydrogen (secondary N) is 1. The molecule has 1 saturated heterocycles. The topological polar surface area (TPSA) is 92.5 Å². The Morgan fingerprint density at radius 3 is 2.33 bits per heavy atom. The number of piperidine rings is 1. The Morgan fingerprint density at radius 1 is 1.29 bits per heavy atom. The first kappa shape index (κ1) is 15.9. The Bertz CT molecular complexity index is 590. The van der Waals surface area contributed by atoms with E-state index in [1.807, 2.05) is 0 Å². The second-order valence-corrected chi connectivity index (χ2v) is 7.12. The van der Waals surface area contributed by atoms with E-state index in [4.69, 9.17) is 5.73 Å². The summed E-state index contributed by atoms with van der Waals surface area (Å²) < 4.78 is 26.5. The lowest BCUT2D eigenvalue weighted by atomic mass is 9.99. The molecule has 0 saturated carbocycles. The summed E-state index contributed by atoms with van der Waals surface area (Å²) in [4.78, 5) is 11.7. The normalized spacial score (nSPS) is 17.6. The molecule has 1 amide bonds. The van der Waals surface area contributed by atoms with Crippen molar-refractivity contribution < 1.29 is 13.2 Å². The number of nitrogens with zero attached hydrogens (tertiary/aromatic N) is 1. The minimum atomic E-state index is -3.48. The molecule has 116 valence electrons. The number of carbonyl (C=O) groups excluding carboxylic acids is 1. The van der Waals surface area contributed by atoms with Crippen LogP contribution in [0, 0.1) is 5.92 Å². The van der Waals surface area contributed by atoms with Gasteiger partial charge >= 0.3 is 0 Å². The van der Waals surface area contributed by atoms with Crippen molar-refractivity contribution in [1.29, 1.82) is 0 Å². The molecule has 1 aromatic rings. The molecule has 1 fully saturated rings. The fourth-order valence-electron chi connectivity index (χ4n) is 2.46. The molecule has 0 aliphatic carbocycles. The van der Waals surface area contributed by atoms with Crippen LogP contribution in [0.25, 0.3) is 0 Å². The van der Waals surface area contributed by atoms with E-state index in [0.29, 0.717) is 31.1 Å². The number of hydrogen-bond acceptors (Lipinski definition) is 4. The Labute approximate surface area is 125 Å². The van der Waals surface area contributed by atoms with Gasteiger partial charge in [-0.2, -0.15) is 4.31 Å². The van der Waals surface area contributed by atoms with E-state index in [2.05, 4.69) is 5.32 Å². The summed E-state index contributed by atoms with van der Waals surface area (Å²) in [6.45, 7) is 1.61. The van der Waals surface area contributed by atoms with E-state index in [9.17, 15) is 13.2 Å². The van der Waals surface area contributed by atoms with Gasteiger partial charge < -0.3 is 11.1 Å². The van der Waals surface area contributed by atoms with Gasteiger partial charge in [-0.05, 0) is 49.6 Å². The summed E-state index contributed by atoms with van der Waals surface area (Å²) in [7, 11) is -1.95. The summed E-state index contributed by atoms with van der Waals surface area (Å²) in [5.74, 6) is 0.176. The summed E-state index contributed by atoms with van der Waals surface area (Å²) >= 11 is 0. The van der Waals surface area contributed by atoms with Crippen LogP contribution in [0.1, 0.15) is 23.2 Å². The Kier molecular flexibility index (Phi) is 4.97. The summed E-state index contributed by atoms with van der Waals surface area (Å²) in [5, 5.41) is 2.50. The van der Waals surface area contributed by atoms with Gasteiger partial charge in [0.05, 0.1) is 4.90 Å². The molecule has 6 nitrogen and oxygen atoms in total. The number of nitrogens with two attached hydrogens (primary N) is 1. The Morgan fingerprint density at radius 2 is 1.86 bits per heavy atom. The van der Waals surface area contributed by atoms with Crippen LogP contribution in [-0.2, 0) is 10.0 Å². The maximum Gasteiger partial charge on any atom is 0.251 e. The lowest BCUT2D eigenvalue weighted by Crippen LogP contribution is -2.40. The third-order valence-corrected chi connectivity index (χ3v) is 5.80. The van der Waals surface area contributed by atoms with Crippen LogP contribution >= 0.6 is 0 Å². The second kappa shape index (κ2) is 6.55. The molecule has 1 aliphatic heterocycles. The van der Waals surface area contributed by atoms with Gasteiger partial charge in [-0.25, -0.2) is 8.42 Å². The predicted octanol–water partition coefficient (Wildman–Crippen LogP) is 0.406. The monoisotopic (exact) mass is 311 g/mol. The number of sulfonamides is 1. The van der Waals surface area contributed by atoms with Crippen LogP contribution in [-0.4, -0.2) is 45.3 Å². The first-order valence-electron chi connectivity index (χ1n) is 7.01. The molecule has 1 aromatic carbocycles. The highest BCUT2D eigenvalue weighted by Gasteiger charge is 2.28. The molecule has 0 radical (unpaired) electrons. The van der Waals surface area contributed by atoms with Gasteiger partial charge in [-0.15, -0.1) is 0 Å². The first-order valence-corrected chi connectivity index (χ1v) is 8.45. The van der Waals surface area contributed by atoms with E-state index in [0.717, 1.165) is 12.8 Å². The smallest absolute Gasteiger partial charge is 0.251 e. The van der Waals surface area contributed by atoms with Crippen LogP contribution < -0.4 is 11.1 Å². The molecular formula is C14H21N3O3S. The van der Waals surface area contributed by atoms with E-state index >= 15 is 0 Å². The average Bonchev–Trinajstić information content (AvgIpc) is 2.54. The SMILES string of the molecule is CNC(=O)c1ccc(S(=O)(=O)N2CCC(CN)CC2)cc1. The van der Waals surface area contributed by atoms with Crippen molar-refractivity contribution in [2.75, 3.05) is 26.7 Å². The lowest BCUT2D eigenvalue weighted by molar-refractivity contribution is 0.0963. The zero-order chi connectivity index (χ0) is 15.5. The highest BCUT2D eigenvalue weighted by molar-refractivity contribution is 7.89. The van der Waals surface area contributed by atoms with Gasteiger partial charge in [-0.3, -0.25) is 4.79 Å². The Hall–Kier alpha value is -1.44. The predicted molar refractivity (Wildman–Crippen MR) is 80.4 cm³/mol. The largest absolute Gasteiger partial charge is 0.355 e. The van der Waals surface area contributed by atoms with Crippen molar-refractivity contribution in [3.63, 3.8) is 0 Å². The van der Waals surface area contributed by atoms with Crippen molar-refractivity contribution in [3.8, 4) is 0 Å². The van der Waals surface area contributed by atoms with Crippen LogP contribution in [0.2, 0.25) is 0 Å². The summed E-state index contributed by atoms with van der Waals surface area (Å²) in [5.41, 5.74) is 6.06. The zero-order valence-corrected chi connectivity index (χ0v) is 12.9. The number of carbonyl (C=O) groups is 1. The second-order valence-electron chi connectivity index (χ2n) is 5.19. The molecule has 2 rings (SSSR count). The van der Waals surface area contributed by atoms with Gasteiger partial charge in [0.1, 0.15) is 0 Å². The molecule has 21 heavy (non-hydrogen) atoms. The molecule has 0 aromatic heterocycles. The highest BCUT2D eigenvalue weighted by atomic mass is 32.2. The van der Waals surface area contributed by atoms with E-state index in [1.165, 1.54) is 35.6 Å². The first-order chi connectivity index (χ1) is 9.98. The molecule has 0 atom stereocenters. The van der Waals surface area contributed by atoms with E-state index in [-0.39, 0.29) is 10.8 Å². The van der Waals surface area contributed by atoms with Crippen molar-refractivity contribution in [2.24, 2.45) is 11.7 Å². The minimum absolute atomic E-state index is 0.223. The van der Waals surface area contributed by atoms with Crippen LogP contribution in [0.3, 0.4) is 0 Å². The summed E-state index contributed by atoms with van der Waals surface area (Å²) in [6.07, 6.45) is 1.60. The standard InChI is InChI=1S/C14H21N3O3S/c1-16-14(18)12-2-4-13(5-3-12)21(19,20)17-8-6-11(10-15)7-9-17/h2-5,11H,6-10,15H2,1H3,(H,16,18). The molecule has 0 bridgehead atoms. The van der Waals surface area contributed by atoms with Crippen LogP contribution in [0.4, 0.5) is 0 Å². The summed E-state index contributed by atoms with van der Waals surface area (Å²) in [6, 6.07) is 6.01. The van der Waals surface area contributed by atoms with Crippen molar-refractivity contribution in [1.82, 2.24) is 9.62 Å². The molecule has 1 aliphatic rings. The van der Waals surface area contributed by atoms with Gasteiger partial charge in [0.2, 0.25) is 10.0 Å². The van der Waals surface area contributed by atoms with Crippen molar-refractivity contribution >= 4 is 15.9 Å². The third-order valence-electron chi connectivity index (χ3n) is 3.89. The van der Waals surface area contributed by atoms with Crippen molar-refractivity contribution in [3.05, 3.63) is 29.8 Å². The van der Waals surface area contributed by atoms with Gasteiger partial charge in [0.15, 0.2) is 0 Å². The quantitative estimate of drug-likeness (QED) is 0.842. The van der Waals surface area contributed by atoms with Gasteiger partial charge in [0, 0.05) is 25.7 Å². The minimum Gasteiger partial charge on any atom is -0.355 e. The van der Waals surface area contributed by atoms with Crippen LogP contribution in [0.5, 0.6) is 0 Å². The molecule has 1 heterocycles. The van der Waals surface area contributed by atoms with Gasteiger partial charge in [-0.1, -0.05) is 0 Å². The number of rotatable bonds is 4. The van der Waals surface area contributed by atoms with Gasteiger partial charge in [0.25, 0.3) is 5.91 Å². The number of hydrogen-bond donors (Lipinski definition) is 2. The molecule has 7 heteroatoms. The van der Waals surface area contributed by atoms with Crippen LogP contribution in [0.15, 0.2) is 29.2 Å². The maximum absolute atomic E-state index is 12.5. The fourth-order valence-corrected chi connectivity index (χ4v) is 3.93. The molecular weight excluding hydrogens is 290 g/mol. The average molecular weight is 311 g/mol. The molecule has 3 N–H and O–H groups in total. The fraction of sp³-hybridized carbons (Fsp3) is 0.500. The zero-order valence-electron chi connectivity index (χ0n) is 12.1. The number of benzene rings is 1. The highest BCUT2D eigenvalue weighted by Crippen LogP contribution is 2.23. The lowest BCUT2D eigenvalue weighted by Gasteiger charge is -2.30. The van der Waals surface area contributed by atoms with E-state index in [1.54, 1.807) is 0 Å². The maximum atomic E-state index is 12.5. The number of amides is 1. The van der Waals surface area contributed by atoms with E-state index < -0.39 is 10.0 Å².